The summed E-state index contributed by atoms with van der Waals surface area (Å²) in [7, 11) is 0. The molecule has 1 saturated heterocycles. The largest absolute Gasteiger partial charge is 0.370 e. The van der Waals surface area contributed by atoms with E-state index in [-0.39, 0.29) is 0 Å². The van der Waals surface area contributed by atoms with Crippen molar-refractivity contribution in [2.45, 2.75) is 84.3 Å². The highest BCUT2D eigenvalue weighted by Gasteiger charge is 2.63. The summed E-state index contributed by atoms with van der Waals surface area (Å²) in [6.07, 6.45) is 11.8. The second-order valence-corrected chi connectivity index (χ2v) is 10.1. The lowest BCUT2D eigenvalue weighted by Gasteiger charge is -2.59. The van der Waals surface area contributed by atoms with Crippen LogP contribution in [0.2, 0.25) is 0 Å². The highest BCUT2D eigenvalue weighted by atomic mass is 16.6. The van der Waals surface area contributed by atoms with E-state index in [2.05, 4.69) is 13.8 Å². The summed E-state index contributed by atoms with van der Waals surface area (Å²) in [4.78, 5) is 12.2. The Balaban J connectivity index is 1.46. The molecule has 1 unspecified atom stereocenters. The van der Waals surface area contributed by atoms with Gasteiger partial charge in [0.05, 0.1) is 12.2 Å². The molecule has 5 aliphatic rings. The molecule has 0 spiro atoms. The van der Waals surface area contributed by atoms with Crippen LogP contribution in [0.4, 0.5) is 0 Å². The van der Waals surface area contributed by atoms with E-state index in [1.807, 2.05) is 6.92 Å². The fraction of sp³-hybridized carbons (Fsp3) is 0.952. The van der Waals surface area contributed by atoms with Crippen LogP contribution in [0.15, 0.2) is 0 Å². The third kappa shape index (κ3) is 1.88. The van der Waals surface area contributed by atoms with Gasteiger partial charge in [0.1, 0.15) is 5.78 Å². The maximum absolute atomic E-state index is 12.2. The lowest BCUT2D eigenvalue weighted by Crippen LogP contribution is -2.54. The van der Waals surface area contributed by atoms with Gasteiger partial charge in [-0.25, -0.2) is 0 Å². The Kier molecular flexibility index (Phi) is 3.00. The van der Waals surface area contributed by atoms with E-state index in [9.17, 15) is 4.79 Å². The summed E-state index contributed by atoms with van der Waals surface area (Å²) in [6.45, 7) is 6.91. The summed E-state index contributed by atoms with van der Waals surface area (Å²) in [6, 6.07) is 0. The quantitative estimate of drug-likeness (QED) is 0.661. The minimum Gasteiger partial charge on any atom is -0.370 e. The zero-order valence-electron chi connectivity index (χ0n) is 15.0. The van der Waals surface area contributed by atoms with Crippen molar-refractivity contribution in [2.75, 3.05) is 0 Å². The predicted molar refractivity (Wildman–Crippen MR) is 89.9 cm³/mol. The van der Waals surface area contributed by atoms with Gasteiger partial charge in [-0.1, -0.05) is 13.8 Å². The Morgan fingerprint density at radius 3 is 2.52 bits per heavy atom. The maximum Gasteiger partial charge on any atom is 0.133 e. The highest BCUT2D eigenvalue weighted by molar-refractivity contribution is 5.79. The molecule has 2 nitrogen and oxygen atoms in total. The zero-order chi connectivity index (χ0) is 16.0. The molecule has 9 atom stereocenters. The molecular weight excluding hydrogens is 284 g/mol. The van der Waals surface area contributed by atoms with Gasteiger partial charge in [-0.2, -0.15) is 0 Å². The smallest absolute Gasteiger partial charge is 0.133 e. The molecule has 5 fully saturated rings. The Hall–Kier alpha value is -0.370. The minimum atomic E-state index is 0.309. The Labute approximate surface area is 140 Å². The average Bonchev–Trinajstić information content (AvgIpc) is 3.13. The van der Waals surface area contributed by atoms with Crippen molar-refractivity contribution in [1.82, 2.24) is 0 Å². The molecule has 128 valence electrons. The third-order valence-corrected chi connectivity index (χ3v) is 9.40. The van der Waals surface area contributed by atoms with Crippen molar-refractivity contribution < 1.29 is 9.53 Å². The van der Waals surface area contributed by atoms with Gasteiger partial charge in [-0.3, -0.25) is 4.79 Å². The number of fused-ring (bicyclic) bond motifs is 6. The number of carbonyl (C=O) groups excluding carboxylic acids is 1. The van der Waals surface area contributed by atoms with Crippen LogP contribution in [-0.4, -0.2) is 18.0 Å². The van der Waals surface area contributed by atoms with Crippen molar-refractivity contribution >= 4 is 5.78 Å². The van der Waals surface area contributed by atoms with E-state index in [4.69, 9.17) is 4.74 Å². The van der Waals surface area contributed by atoms with Gasteiger partial charge in [0.15, 0.2) is 0 Å². The van der Waals surface area contributed by atoms with Crippen molar-refractivity contribution in [2.24, 2.45) is 40.4 Å². The molecular formula is C21H32O2. The van der Waals surface area contributed by atoms with E-state index in [1.165, 1.54) is 44.9 Å². The summed E-state index contributed by atoms with van der Waals surface area (Å²) in [5.74, 6) is 4.30. The number of rotatable bonds is 1. The SMILES string of the molecule is CC(=O)[C@H]1CC[C@H]2[C@@H]3CC[C@H]4C[C@H]5OC5C[C@]4(C)[C@H]3CC[C@]12C. The van der Waals surface area contributed by atoms with E-state index < -0.39 is 0 Å². The number of hydrogen-bond donors (Lipinski definition) is 0. The van der Waals surface area contributed by atoms with Gasteiger partial charge >= 0.3 is 0 Å². The fourth-order valence-electron chi connectivity index (χ4n) is 8.19. The van der Waals surface area contributed by atoms with Crippen molar-refractivity contribution in [3.63, 3.8) is 0 Å². The molecule has 1 aliphatic heterocycles. The molecule has 4 aliphatic carbocycles. The molecule has 1 heterocycles. The molecule has 0 bridgehead atoms. The number of carbonyl (C=O) groups is 1. The molecule has 0 aromatic heterocycles. The molecule has 5 rings (SSSR count). The molecule has 23 heavy (non-hydrogen) atoms. The van der Waals surface area contributed by atoms with Gasteiger partial charge < -0.3 is 4.74 Å². The standard InChI is InChI=1S/C21H32O2/c1-12(22)15-6-7-16-14-5-4-13-10-18-19(23-18)11-21(13,3)17(14)8-9-20(15,16)2/h13-19H,4-11H2,1-3H3/t13-,14-,15+,16-,17-,18+,19?,20+,21-/m0/s1. The number of Topliss-reactive ketones (excluding diaryl/α,β-unsaturated/α-hetero) is 1. The Morgan fingerprint density at radius 2 is 1.74 bits per heavy atom. The number of hydrogen-bond acceptors (Lipinski definition) is 2. The molecule has 2 heteroatoms. The predicted octanol–water partition coefficient (Wildman–Crippen LogP) is 4.61. The second kappa shape index (κ2) is 4.62. The van der Waals surface area contributed by atoms with E-state index in [0.717, 1.165) is 30.1 Å². The normalized spacial score (nSPS) is 60.2. The van der Waals surface area contributed by atoms with Crippen LogP contribution in [0.3, 0.4) is 0 Å². The molecule has 0 N–H and O–H groups in total. The number of epoxide rings is 1. The average molecular weight is 316 g/mol. The Bertz CT molecular complexity index is 542. The molecule has 0 amide bonds. The van der Waals surface area contributed by atoms with E-state index >= 15 is 0 Å². The first-order chi connectivity index (χ1) is 10.9. The van der Waals surface area contributed by atoms with Crippen LogP contribution >= 0.6 is 0 Å². The molecule has 4 saturated carbocycles. The zero-order valence-corrected chi connectivity index (χ0v) is 15.0. The van der Waals surface area contributed by atoms with Crippen molar-refractivity contribution in [3.05, 3.63) is 0 Å². The summed E-state index contributed by atoms with van der Waals surface area (Å²) in [5.41, 5.74) is 0.833. The van der Waals surface area contributed by atoms with Crippen molar-refractivity contribution in [1.29, 1.82) is 0 Å². The van der Waals surface area contributed by atoms with E-state index in [1.54, 1.807) is 0 Å². The topological polar surface area (TPSA) is 29.6 Å². The third-order valence-electron chi connectivity index (χ3n) is 9.40. The summed E-state index contributed by atoms with van der Waals surface area (Å²) >= 11 is 0. The lowest BCUT2D eigenvalue weighted by atomic mass is 9.45. The van der Waals surface area contributed by atoms with Crippen molar-refractivity contribution in [3.8, 4) is 0 Å². The maximum atomic E-state index is 12.2. The van der Waals surface area contributed by atoms with Gasteiger partial charge in [-0.15, -0.1) is 0 Å². The summed E-state index contributed by atoms with van der Waals surface area (Å²) < 4.78 is 5.92. The molecule has 0 aromatic rings. The fourth-order valence-corrected chi connectivity index (χ4v) is 8.19. The van der Waals surface area contributed by atoms with Crippen LogP contribution in [0.5, 0.6) is 0 Å². The first-order valence-electron chi connectivity index (χ1n) is 10.1. The molecule has 0 aromatic carbocycles. The van der Waals surface area contributed by atoms with Crippen LogP contribution in [-0.2, 0) is 9.53 Å². The van der Waals surface area contributed by atoms with Crippen LogP contribution in [0.25, 0.3) is 0 Å². The molecule has 0 radical (unpaired) electrons. The van der Waals surface area contributed by atoms with Gasteiger partial charge in [-0.05, 0) is 92.8 Å². The van der Waals surface area contributed by atoms with Crippen LogP contribution in [0.1, 0.15) is 72.1 Å². The highest BCUT2D eigenvalue weighted by Crippen LogP contribution is 2.68. The number of ether oxygens (including phenoxy) is 1. The van der Waals surface area contributed by atoms with E-state index in [0.29, 0.717) is 34.7 Å². The van der Waals surface area contributed by atoms with Gasteiger partial charge in [0, 0.05) is 5.92 Å². The minimum absolute atomic E-state index is 0.309. The first kappa shape index (κ1) is 14.9. The monoisotopic (exact) mass is 316 g/mol. The lowest BCUT2D eigenvalue weighted by molar-refractivity contribution is -0.132. The van der Waals surface area contributed by atoms with Crippen LogP contribution in [0, 0.1) is 40.4 Å². The van der Waals surface area contributed by atoms with Crippen LogP contribution < -0.4 is 0 Å². The first-order valence-corrected chi connectivity index (χ1v) is 10.1. The van der Waals surface area contributed by atoms with Gasteiger partial charge in [0.25, 0.3) is 0 Å². The number of ketones is 1. The van der Waals surface area contributed by atoms with Gasteiger partial charge in [0.2, 0.25) is 0 Å². The summed E-state index contributed by atoms with van der Waals surface area (Å²) in [5, 5.41) is 0. The second-order valence-electron chi connectivity index (χ2n) is 10.1. The Morgan fingerprint density at radius 1 is 0.957 bits per heavy atom.